The minimum atomic E-state index is 1.08. The van der Waals surface area contributed by atoms with Crippen LogP contribution in [0.15, 0.2) is 12.3 Å². The number of aromatic nitrogens is 2. The molecule has 0 aromatic carbocycles. The highest BCUT2D eigenvalue weighted by Crippen LogP contribution is 2.27. The number of thioether (sulfide) groups is 1. The predicted octanol–water partition coefficient (Wildman–Crippen LogP) is 3.91. The van der Waals surface area contributed by atoms with Crippen LogP contribution in [0, 0.1) is 6.92 Å². The Labute approximate surface area is 144 Å². The van der Waals surface area contributed by atoms with Crippen LogP contribution in [0.2, 0.25) is 0 Å². The summed E-state index contributed by atoms with van der Waals surface area (Å²) in [7, 11) is 0. The molecule has 0 bridgehead atoms. The summed E-state index contributed by atoms with van der Waals surface area (Å²) in [6.07, 6.45) is 5.48. The summed E-state index contributed by atoms with van der Waals surface area (Å²) >= 11 is 2.08. The Bertz CT molecular complexity index is 656. The summed E-state index contributed by atoms with van der Waals surface area (Å²) in [5.74, 6) is 2.57. The summed E-state index contributed by atoms with van der Waals surface area (Å²) in [6.45, 7) is 11.4. The number of rotatable bonds is 6. The summed E-state index contributed by atoms with van der Waals surface area (Å²) < 4.78 is 2.51. The molecule has 3 nitrogen and oxygen atoms in total. The van der Waals surface area contributed by atoms with Gasteiger partial charge in [0.05, 0.1) is 0 Å². The zero-order valence-electron chi connectivity index (χ0n) is 14.8. The monoisotopic (exact) mass is 331 g/mol. The Kier molecular flexibility index (Phi) is 5.65. The Hall–Kier alpha value is -1.000. The molecule has 0 N–H and O–H groups in total. The maximum Gasteiger partial charge on any atom is 0.140 e. The standard InChI is InChI=1S/C19H29N3S/c1-4-6-18-16(5-2)17-13-15(3)14-20-19(17)22(18)8-7-21-9-11-23-12-10-21/h13-14H,4-12H2,1-3H3. The van der Waals surface area contributed by atoms with Crippen molar-refractivity contribution in [2.75, 3.05) is 31.1 Å². The molecule has 1 aliphatic rings. The summed E-state index contributed by atoms with van der Waals surface area (Å²) in [5, 5.41) is 1.38. The largest absolute Gasteiger partial charge is 0.328 e. The molecule has 2 aromatic heterocycles. The molecule has 126 valence electrons. The van der Waals surface area contributed by atoms with Gasteiger partial charge in [0, 0.05) is 55.0 Å². The predicted molar refractivity (Wildman–Crippen MR) is 102 cm³/mol. The molecule has 23 heavy (non-hydrogen) atoms. The SMILES string of the molecule is CCCc1c(CC)c2cc(C)cnc2n1CCN1CCSCC1. The highest BCUT2D eigenvalue weighted by Gasteiger charge is 2.18. The van der Waals surface area contributed by atoms with Crippen LogP contribution in [0.3, 0.4) is 0 Å². The second-order valence-electron chi connectivity index (χ2n) is 6.52. The van der Waals surface area contributed by atoms with E-state index in [2.05, 4.69) is 48.1 Å². The molecule has 3 heterocycles. The van der Waals surface area contributed by atoms with Gasteiger partial charge in [-0.2, -0.15) is 11.8 Å². The summed E-state index contributed by atoms with van der Waals surface area (Å²) in [4.78, 5) is 7.41. The molecular formula is C19H29N3S. The third-order valence-corrected chi connectivity index (χ3v) is 5.78. The Morgan fingerprint density at radius 2 is 1.96 bits per heavy atom. The first kappa shape index (κ1) is 16.8. The van der Waals surface area contributed by atoms with Crippen molar-refractivity contribution in [2.24, 2.45) is 0 Å². The number of fused-ring (bicyclic) bond motifs is 1. The van der Waals surface area contributed by atoms with Gasteiger partial charge in [0.1, 0.15) is 5.65 Å². The van der Waals surface area contributed by atoms with E-state index in [9.17, 15) is 0 Å². The van der Waals surface area contributed by atoms with E-state index in [0.717, 1.165) is 25.9 Å². The van der Waals surface area contributed by atoms with Crippen LogP contribution in [0.1, 0.15) is 37.1 Å². The molecule has 3 rings (SSSR count). The smallest absolute Gasteiger partial charge is 0.140 e. The van der Waals surface area contributed by atoms with Gasteiger partial charge in [0.25, 0.3) is 0 Å². The zero-order chi connectivity index (χ0) is 16.2. The lowest BCUT2D eigenvalue weighted by molar-refractivity contribution is 0.289. The zero-order valence-corrected chi connectivity index (χ0v) is 15.6. The van der Waals surface area contributed by atoms with Gasteiger partial charge in [-0.25, -0.2) is 4.98 Å². The second kappa shape index (κ2) is 7.71. The molecule has 0 atom stereocenters. The number of pyridine rings is 1. The van der Waals surface area contributed by atoms with Crippen molar-refractivity contribution < 1.29 is 0 Å². The molecule has 4 heteroatoms. The van der Waals surface area contributed by atoms with Gasteiger partial charge < -0.3 is 4.57 Å². The number of nitrogens with zero attached hydrogens (tertiary/aromatic N) is 3. The van der Waals surface area contributed by atoms with Crippen molar-refractivity contribution >= 4 is 22.8 Å². The van der Waals surface area contributed by atoms with Gasteiger partial charge in [0.15, 0.2) is 0 Å². The van der Waals surface area contributed by atoms with Gasteiger partial charge >= 0.3 is 0 Å². The average molecular weight is 332 g/mol. The molecule has 0 unspecified atom stereocenters. The van der Waals surface area contributed by atoms with Crippen molar-refractivity contribution in [1.29, 1.82) is 0 Å². The lowest BCUT2D eigenvalue weighted by atomic mass is 10.1. The Morgan fingerprint density at radius 3 is 2.65 bits per heavy atom. The second-order valence-corrected chi connectivity index (χ2v) is 7.74. The molecule has 0 spiro atoms. The van der Waals surface area contributed by atoms with Crippen molar-refractivity contribution in [2.45, 2.75) is 46.6 Å². The third-order valence-electron chi connectivity index (χ3n) is 4.84. The lowest BCUT2D eigenvalue weighted by Crippen LogP contribution is -2.35. The highest BCUT2D eigenvalue weighted by molar-refractivity contribution is 7.99. The van der Waals surface area contributed by atoms with E-state index >= 15 is 0 Å². The van der Waals surface area contributed by atoms with E-state index in [1.165, 1.54) is 58.9 Å². The molecule has 0 amide bonds. The molecule has 1 aliphatic heterocycles. The van der Waals surface area contributed by atoms with Gasteiger partial charge in [-0.3, -0.25) is 4.90 Å². The van der Waals surface area contributed by atoms with Crippen LogP contribution in [-0.4, -0.2) is 45.6 Å². The number of hydrogen-bond donors (Lipinski definition) is 0. The molecular weight excluding hydrogens is 302 g/mol. The van der Waals surface area contributed by atoms with Crippen LogP contribution >= 0.6 is 11.8 Å². The van der Waals surface area contributed by atoms with E-state index in [1.807, 2.05) is 6.20 Å². The molecule has 0 aliphatic carbocycles. The van der Waals surface area contributed by atoms with E-state index in [-0.39, 0.29) is 0 Å². The maximum absolute atomic E-state index is 4.80. The molecule has 1 fully saturated rings. The van der Waals surface area contributed by atoms with Crippen molar-refractivity contribution in [1.82, 2.24) is 14.5 Å². The first-order valence-electron chi connectivity index (χ1n) is 9.01. The molecule has 0 saturated carbocycles. The fourth-order valence-corrected chi connectivity index (χ4v) is 4.65. The van der Waals surface area contributed by atoms with Crippen LogP contribution in [0.25, 0.3) is 11.0 Å². The highest BCUT2D eigenvalue weighted by atomic mass is 32.2. The van der Waals surface area contributed by atoms with Crippen LogP contribution in [-0.2, 0) is 19.4 Å². The van der Waals surface area contributed by atoms with Gasteiger partial charge in [-0.05, 0) is 37.0 Å². The fourth-order valence-electron chi connectivity index (χ4n) is 3.67. The van der Waals surface area contributed by atoms with Crippen molar-refractivity contribution in [3.8, 4) is 0 Å². The van der Waals surface area contributed by atoms with Crippen molar-refractivity contribution in [3.63, 3.8) is 0 Å². The lowest BCUT2D eigenvalue weighted by Gasteiger charge is -2.26. The first-order valence-corrected chi connectivity index (χ1v) is 10.2. The van der Waals surface area contributed by atoms with E-state index < -0.39 is 0 Å². The van der Waals surface area contributed by atoms with Gasteiger partial charge in [-0.1, -0.05) is 20.3 Å². The van der Waals surface area contributed by atoms with E-state index in [4.69, 9.17) is 4.98 Å². The fraction of sp³-hybridized carbons (Fsp3) is 0.632. The minimum Gasteiger partial charge on any atom is -0.328 e. The average Bonchev–Trinajstić information content (AvgIpc) is 2.86. The quantitative estimate of drug-likeness (QED) is 0.801. The first-order chi connectivity index (χ1) is 11.2. The third kappa shape index (κ3) is 3.58. The molecule has 0 radical (unpaired) electrons. The van der Waals surface area contributed by atoms with E-state index in [1.54, 1.807) is 0 Å². The molecule has 1 saturated heterocycles. The van der Waals surface area contributed by atoms with Gasteiger partial charge in [-0.15, -0.1) is 0 Å². The van der Waals surface area contributed by atoms with Gasteiger partial charge in [0.2, 0.25) is 0 Å². The maximum atomic E-state index is 4.80. The number of aryl methyl sites for hydroxylation is 2. The van der Waals surface area contributed by atoms with Crippen LogP contribution in [0.4, 0.5) is 0 Å². The topological polar surface area (TPSA) is 21.1 Å². The van der Waals surface area contributed by atoms with Crippen molar-refractivity contribution in [3.05, 3.63) is 29.1 Å². The number of hydrogen-bond acceptors (Lipinski definition) is 3. The normalized spacial score (nSPS) is 16.3. The Morgan fingerprint density at radius 1 is 1.17 bits per heavy atom. The van der Waals surface area contributed by atoms with Crippen LogP contribution < -0.4 is 0 Å². The van der Waals surface area contributed by atoms with Crippen LogP contribution in [0.5, 0.6) is 0 Å². The van der Waals surface area contributed by atoms with E-state index in [0.29, 0.717) is 0 Å². The summed E-state index contributed by atoms with van der Waals surface area (Å²) in [5.41, 5.74) is 5.50. The molecule has 2 aromatic rings. The summed E-state index contributed by atoms with van der Waals surface area (Å²) in [6, 6.07) is 2.33. The minimum absolute atomic E-state index is 1.08. The Balaban J connectivity index is 1.94.